The van der Waals surface area contributed by atoms with Gasteiger partial charge in [0, 0.05) is 18.1 Å². The first-order valence-electron chi connectivity index (χ1n) is 9.26. The van der Waals surface area contributed by atoms with Gasteiger partial charge in [-0.05, 0) is 54.8 Å². The summed E-state index contributed by atoms with van der Waals surface area (Å²) in [6.45, 7) is 3.86. The highest BCUT2D eigenvalue weighted by Crippen LogP contribution is 2.19. The predicted molar refractivity (Wildman–Crippen MR) is 117 cm³/mol. The van der Waals surface area contributed by atoms with Crippen LogP contribution >= 0.6 is 11.6 Å². The molecule has 0 aliphatic heterocycles. The summed E-state index contributed by atoms with van der Waals surface area (Å²) >= 11 is 6.02. The van der Waals surface area contributed by atoms with E-state index in [0.717, 1.165) is 21.0 Å². The van der Waals surface area contributed by atoms with E-state index < -0.39 is 15.9 Å². The summed E-state index contributed by atoms with van der Waals surface area (Å²) in [6.07, 6.45) is 1.57. The van der Waals surface area contributed by atoms with Gasteiger partial charge in [-0.2, -0.15) is 9.40 Å². The van der Waals surface area contributed by atoms with Crippen molar-refractivity contribution in [1.29, 1.82) is 0 Å². The third-order valence-corrected chi connectivity index (χ3v) is 6.79. The van der Waals surface area contributed by atoms with Crippen molar-refractivity contribution in [1.82, 2.24) is 14.1 Å². The minimum atomic E-state index is -3.78. The molecule has 30 heavy (non-hydrogen) atoms. The molecule has 1 N–H and O–H groups in total. The summed E-state index contributed by atoms with van der Waals surface area (Å²) < 4.78 is 28.2. The van der Waals surface area contributed by atoms with Gasteiger partial charge >= 0.3 is 0 Å². The molecule has 1 amide bonds. The lowest BCUT2D eigenvalue weighted by atomic mass is 10.1. The highest BCUT2D eigenvalue weighted by molar-refractivity contribution is 7.89. The van der Waals surface area contributed by atoms with E-state index in [4.69, 9.17) is 11.6 Å². The van der Waals surface area contributed by atoms with Gasteiger partial charge in [0.25, 0.3) is 0 Å². The number of halogens is 1. The summed E-state index contributed by atoms with van der Waals surface area (Å²) in [5.74, 6) is 0.00899. The molecule has 0 bridgehead atoms. The summed E-state index contributed by atoms with van der Waals surface area (Å²) in [5.41, 5.74) is 2.80. The highest BCUT2D eigenvalue weighted by atomic mass is 35.5. The molecule has 0 saturated heterocycles. The fourth-order valence-electron chi connectivity index (χ4n) is 2.90. The number of carbonyl (C=O) groups excluding carboxylic acids is 1. The zero-order chi connectivity index (χ0) is 21.9. The fraction of sp³-hybridized carbons (Fsp3) is 0.238. The Balaban J connectivity index is 1.68. The van der Waals surface area contributed by atoms with E-state index in [1.165, 1.54) is 7.05 Å². The van der Waals surface area contributed by atoms with Gasteiger partial charge in [0.15, 0.2) is 0 Å². The van der Waals surface area contributed by atoms with Gasteiger partial charge in [-0.25, -0.2) is 13.1 Å². The van der Waals surface area contributed by atoms with Crippen molar-refractivity contribution < 1.29 is 13.2 Å². The molecule has 0 saturated carbocycles. The number of sulfonamides is 1. The van der Waals surface area contributed by atoms with Gasteiger partial charge in [-0.15, -0.1) is 0 Å². The van der Waals surface area contributed by atoms with Crippen molar-refractivity contribution in [2.24, 2.45) is 0 Å². The van der Waals surface area contributed by atoms with Crippen LogP contribution in [-0.4, -0.2) is 42.0 Å². The number of hydrogen-bond donors (Lipinski definition) is 1. The van der Waals surface area contributed by atoms with Crippen LogP contribution in [0.15, 0.2) is 59.6 Å². The molecule has 1 aromatic heterocycles. The molecule has 0 spiro atoms. The van der Waals surface area contributed by atoms with Crippen LogP contribution in [0.1, 0.15) is 16.7 Å². The molecule has 0 atom stereocenters. The second-order valence-electron chi connectivity index (χ2n) is 7.06. The van der Waals surface area contributed by atoms with Crippen LogP contribution < -0.4 is 5.32 Å². The third-order valence-electron chi connectivity index (χ3n) is 4.76. The van der Waals surface area contributed by atoms with Gasteiger partial charge in [0.05, 0.1) is 24.2 Å². The summed E-state index contributed by atoms with van der Waals surface area (Å²) in [6, 6.07) is 13.9. The number of anilines is 1. The first-order valence-corrected chi connectivity index (χ1v) is 11.1. The quantitative estimate of drug-likeness (QED) is 0.602. The average Bonchev–Trinajstić information content (AvgIpc) is 3.10. The van der Waals surface area contributed by atoms with Crippen LogP contribution in [-0.2, 0) is 21.4 Å². The molecule has 0 aliphatic carbocycles. The fourth-order valence-corrected chi connectivity index (χ4v) is 4.32. The minimum absolute atomic E-state index is 0.159. The molecular weight excluding hydrogens is 424 g/mol. The Morgan fingerprint density at radius 2 is 1.90 bits per heavy atom. The first kappa shape index (κ1) is 22.0. The van der Waals surface area contributed by atoms with Crippen molar-refractivity contribution in [3.63, 3.8) is 0 Å². The number of benzene rings is 2. The van der Waals surface area contributed by atoms with E-state index >= 15 is 0 Å². The molecule has 0 aliphatic rings. The summed E-state index contributed by atoms with van der Waals surface area (Å²) in [5, 5.41) is 7.55. The zero-order valence-electron chi connectivity index (χ0n) is 17.0. The number of amides is 1. The second kappa shape index (κ2) is 8.99. The molecule has 0 unspecified atom stereocenters. The topological polar surface area (TPSA) is 84.3 Å². The Morgan fingerprint density at radius 3 is 2.60 bits per heavy atom. The van der Waals surface area contributed by atoms with Crippen LogP contribution in [0.5, 0.6) is 0 Å². The van der Waals surface area contributed by atoms with Gasteiger partial charge in [-0.3, -0.25) is 4.79 Å². The number of rotatable bonds is 7. The van der Waals surface area contributed by atoms with Crippen LogP contribution in [0, 0.1) is 13.8 Å². The summed E-state index contributed by atoms with van der Waals surface area (Å²) in [4.78, 5) is 12.7. The van der Waals surface area contributed by atoms with Gasteiger partial charge < -0.3 is 5.32 Å². The van der Waals surface area contributed by atoms with Gasteiger partial charge in [0.1, 0.15) is 5.82 Å². The van der Waals surface area contributed by atoms with Gasteiger partial charge in [-0.1, -0.05) is 29.8 Å². The largest absolute Gasteiger partial charge is 0.310 e. The standard InChI is InChI=1S/C21H23ClN4O3S/c1-15-7-8-19(11-16(15)2)30(28,29)25(3)14-21(27)24-20-9-10-23-26(20)13-17-5-4-6-18(22)12-17/h4-12H,13-14H2,1-3H3,(H,24,27). The van der Waals surface area contributed by atoms with E-state index in [9.17, 15) is 13.2 Å². The molecule has 3 aromatic rings. The van der Waals surface area contributed by atoms with Crippen LogP contribution in [0.4, 0.5) is 5.82 Å². The molecule has 158 valence electrons. The molecular formula is C21H23ClN4O3S. The minimum Gasteiger partial charge on any atom is -0.310 e. The second-order valence-corrected chi connectivity index (χ2v) is 9.54. The Hall–Kier alpha value is -2.68. The average molecular weight is 447 g/mol. The number of carbonyl (C=O) groups is 1. The van der Waals surface area contributed by atoms with Crippen LogP contribution in [0.2, 0.25) is 5.02 Å². The zero-order valence-corrected chi connectivity index (χ0v) is 18.5. The van der Waals surface area contributed by atoms with Gasteiger partial charge in [0.2, 0.25) is 15.9 Å². The van der Waals surface area contributed by atoms with Crippen molar-refractivity contribution in [3.8, 4) is 0 Å². The van der Waals surface area contributed by atoms with E-state index in [0.29, 0.717) is 17.4 Å². The molecule has 2 aromatic carbocycles. The summed E-state index contributed by atoms with van der Waals surface area (Å²) in [7, 11) is -2.40. The molecule has 1 heterocycles. The van der Waals surface area contributed by atoms with Crippen molar-refractivity contribution in [3.05, 3.63) is 76.4 Å². The number of likely N-dealkylation sites (N-methyl/N-ethyl adjacent to an activating group) is 1. The first-order chi connectivity index (χ1) is 14.2. The van der Waals surface area contributed by atoms with Crippen molar-refractivity contribution in [2.75, 3.05) is 18.9 Å². The SMILES string of the molecule is Cc1ccc(S(=O)(=O)N(C)CC(=O)Nc2ccnn2Cc2cccc(Cl)c2)cc1C. The Bertz CT molecular complexity index is 1170. The maximum absolute atomic E-state index is 12.8. The predicted octanol–water partition coefficient (Wildman–Crippen LogP) is 3.46. The Morgan fingerprint density at radius 1 is 1.13 bits per heavy atom. The third kappa shape index (κ3) is 5.08. The lowest BCUT2D eigenvalue weighted by Gasteiger charge is -2.18. The Labute approximate surface area is 181 Å². The molecule has 0 radical (unpaired) electrons. The van der Waals surface area contributed by atoms with Crippen LogP contribution in [0.3, 0.4) is 0 Å². The normalized spacial score (nSPS) is 11.6. The molecule has 9 heteroatoms. The lowest BCUT2D eigenvalue weighted by molar-refractivity contribution is -0.116. The maximum atomic E-state index is 12.8. The maximum Gasteiger partial charge on any atom is 0.243 e. The highest BCUT2D eigenvalue weighted by Gasteiger charge is 2.23. The lowest BCUT2D eigenvalue weighted by Crippen LogP contribution is -2.35. The number of aromatic nitrogens is 2. The van der Waals surface area contributed by atoms with E-state index in [1.807, 2.05) is 32.0 Å². The molecule has 7 nitrogen and oxygen atoms in total. The van der Waals surface area contributed by atoms with Crippen LogP contribution in [0.25, 0.3) is 0 Å². The number of aryl methyl sites for hydroxylation is 2. The molecule has 3 rings (SSSR count). The number of nitrogens with one attached hydrogen (secondary N) is 1. The number of hydrogen-bond acceptors (Lipinski definition) is 4. The molecule has 0 fully saturated rings. The van der Waals surface area contributed by atoms with E-state index in [1.54, 1.807) is 41.2 Å². The Kier molecular flexibility index (Phi) is 6.60. The number of nitrogens with zero attached hydrogens (tertiary/aromatic N) is 3. The smallest absolute Gasteiger partial charge is 0.243 e. The monoisotopic (exact) mass is 446 g/mol. The van der Waals surface area contributed by atoms with Crippen molar-refractivity contribution in [2.45, 2.75) is 25.3 Å². The van der Waals surface area contributed by atoms with Crippen molar-refractivity contribution >= 4 is 33.3 Å². The van der Waals surface area contributed by atoms with E-state index in [-0.39, 0.29) is 11.4 Å². The van der Waals surface area contributed by atoms with E-state index in [2.05, 4.69) is 10.4 Å².